The first kappa shape index (κ1) is 19.6. The number of hydrogen-bond acceptors (Lipinski definition) is 5. The third-order valence-corrected chi connectivity index (χ3v) is 4.74. The lowest BCUT2D eigenvalue weighted by Crippen LogP contribution is -2.30. The molecule has 28 heavy (non-hydrogen) atoms. The minimum absolute atomic E-state index is 0.277. The predicted molar refractivity (Wildman–Crippen MR) is 108 cm³/mol. The van der Waals surface area contributed by atoms with Gasteiger partial charge >= 0.3 is 0 Å². The minimum Gasteiger partial charge on any atom is -0.481 e. The lowest BCUT2D eigenvalue weighted by Gasteiger charge is -2.15. The van der Waals surface area contributed by atoms with Crippen LogP contribution in [0.2, 0.25) is 0 Å². The number of ether oxygens (including phenoxy) is 1. The largest absolute Gasteiger partial charge is 0.481 e. The first-order chi connectivity index (χ1) is 13.3. The van der Waals surface area contributed by atoms with Gasteiger partial charge in [-0.3, -0.25) is 4.79 Å². The Morgan fingerprint density at radius 1 is 1.00 bits per heavy atom. The highest BCUT2D eigenvalue weighted by molar-refractivity contribution is 5.96. The van der Waals surface area contributed by atoms with E-state index >= 15 is 0 Å². The summed E-state index contributed by atoms with van der Waals surface area (Å²) >= 11 is 0. The Balaban J connectivity index is 1.69. The van der Waals surface area contributed by atoms with Crippen molar-refractivity contribution >= 4 is 11.7 Å². The average molecular weight is 379 g/mol. The number of rotatable bonds is 6. The molecule has 0 saturated carbocycles. The second kappa shape index (κ2) is 8.25. The van der Waals surface area contributed by atoms with Crippen molar-refractivity contribution in [1.82, 2.24) is 10.3 Å². The lowest BCUT2D eigenvalue weighted by atomic mass is 10.0. The molecule has 0 radical (unpaired) electrons. The van der Waals surface area contributed by atoms with Gasteiger partial charge in [0.15, 0.2) is 11.8 Å². The van der Waals surface area contributed by atoms with Gasteiger partial charge in [-0.2, -0.15) is 0 Å². The number of aryl methyl sites for hydroxylation is 2. The van der Waals surface area contributed by atoms with E-state index < -0.39 is 6.10 Å². The van der Waals surface area contributed by atoms with Gasteiger partial charge in [0, 0.05) is 5.56 Å². The van der Waals surface area contributed by atoms with Gasteiger partial charge in [0.25, 0.3) is 5.91 Å². The number of benzene rings is 2. The van der Waals surface area contributed by atoms with Crippen molar-refractivity contribution in [3.05, 3.63) is 59.2 Å². The van der Waals surface area contributed by atoms with Crippen LogP contribution in [0.25, 0.3) is 11.3 Å². The third-order valence-electron chi connectivity index (χ3n) is 4.74. The summed E-state index contributed by atoms with van der Waals surface area (Å²) in [6.45, 7) is 10.0. The van der Waals surface area contributed by atoms with E-state index in [9.17, 15) is 4.79 Å². The summed E-state index contributed by atoms with van der Waals surface area (Å²) in [5, 5.41) is 10.5. The number of anilines is 1. The van der Waals surface area contributed by atoms with E-state index in [-0.39, 0.29) is 11.7 Å². The summed E-state index contributed by atoms with van der Waals surface area (Å²) in [6, 6.07) is 13.7. The molecule has 0 bridgehead atoms. The maximum Gasteiger partial charge on any atom is 0.266 e. The number of nitrogens with one attached hydrogen (secondary N) is 1. The van der Waals surface area contributed by atoms with Crippen molar-refractivity contribution in [1.29, 1.82) is 0 Å². The maximum atomic E-state index is 12.5. The molecule has 0 aliphatic heterocycles. The molecule has 1 atom stereocenters. The van der Waals surface area contributed by atoms with Crippen molar-refractivity contribution in [2.75, 3.05) is 5.32 Å². The fraction of sp³-hybridized carbons (Fsp3) is 0.318. The van der Waals surface area contributed by atoms with Gasteiger partial charge in [-0.25, -0.2) is 4.63 Å². The second-order valence-electron chi connectivity index (χ2n) is 7.23. The Morgan fingerprint density at radius 3 is 2.36 bits per heavy atom. The SMILES string of the molecule is Cc1ccc(-c2nonc2NC(=O)[C@H](C)Oc2ccc(C(C)C)cc2)cc1C. The second-order valence-corrected chi connectivity index (χ2v) is 7.23. The Hall–Kier alpha value is -3.15. The van der Waals surface area contributed by atoms with Crippen molar-refractivity contribution in [2.24, 2.45) is 0 Å². The van der Waals surface area contributed by atoms with Crippen LogP contribution in [0.5, 0.6) is 5.75 Å². The molecule has 0 aliphatic rings. The zero-order chi connectivity index (χ0) is 20.3. The molecule has 1 N–H and O–H groups in total. The van der Waals surface area contributed by atoms with Gasteiger partial charge in [0.1, 0.15) is 5.75 Å². The van der Waals surface area contributed by atoms with E-state index in [1.54, 1.807) is 6.92 Å². The minimum atomic E-state index is -0.700. The fourth-order valence-electron chi connectivity index (χ4n) is 2.76. The van der Waals surface area contributed by atoms with Gasteiger partial charge in [0.2, 0.25) is 5.82 Å². The van der Waals surface area contributed by atoms with E-state index in [0.29, 0.717) is 17.4 Å². The summed E-state index contributed by atoms with van der Waals surface area (Å²) in [7, 11) is 0. The highest BCUT2D eigenvalue weighted by Gasteiger charge is 2.20. The monoisotopic (exact) mass is 379 g/mol. The molecule has 0 unspecified atom stereocenters. The summed E-state index contributed by atoms with van der Waals surface area (Å²) in [5.41, 5.74) is 4.84. The summed E-state index contributed by atoms with van der Waals surface area (Å²) in [4.78, 5) is 12.5. The fourth-order valence-corrected chi connectivity index (χ4v) is 2.76. The van der Waals surface area contributed by atoms with Crippen molar-refractivity contribution in [3.8, 4) is 17.0 Å². The quantitative estimate of drug-likeness (QED) is 0.660. The van der Waals surface area contributed by atoms with Crippen LogP contribution in [0.4, 0.5) is 5.82 Å². The van der Waals surface area contributed by atoms with Crippen LogP contribution in [-0.2, 0) is 4.79 Å². The number of hydrogen-bond donors (Lipinski definition) is 1. The number of carbonyl (C=O) groups excluding carboxylic acids is 1. The molecule has 6 heteroatoms. The van der Waals surface area contributed by atoms with Gasteiger partial charge in [-0.05, 0) is 71.9 Å². The van der Waals surface area contributed by atoms with Gasteiger partial charge < -0.3 is 10.1 Å². The molecule has 146 valence electrons. The molecule has 0 fully saturated rings. The van der Waals surface area contributed by atoms with Gasteiger partial charge in [-0.1, -0.05) is 38.1 Å². The standard InChI is InChI=1S/C22H25N3O3/c1-13(2)17-8-10-19(11-9-17)27-16(5)22(26)23-21-20(24-28-25-21)18-7-6-14(3)15(4)12-18/h6-13,16H,1-5H3,(H,23,25,26)/t16-/m0/s1. The van der Waals surface area contributed by atoms with E-state index in [1.165, 1.54) is 11.1 Å². The highest BCUT2D eigenvalue weighted by Crippen LogP contribution is 2.26. The predicted octanol–water partition coefficient (Wildman–Crippen LogP) is 4.88. The summed E-state index contributed by atoms with van der Waals surface area (Å²) < 4.78 is 10.6. The Kier molecular flexibility index (Phi) is 5.78. The van der Waals surface area contributed by atoms with Crippen LogP contribution in [-0.4, -0.2) is 22.3 Å². The first-order valence-corrected chi connectivity index (χ1v) is 9.33. The lowest BCUT2D eigenvalue weighted by molar-refractivity contribution is -0.122. The normalized spacial score (nSPS) is 12.1. The summed E-state index contributed by atoms with van der Waals surface area (Å²) in [6.07, 6.45) is -0.700. The molecule has 1 amide bonds. The highest BCUT2D eigenvalue weighted by atomic mass is 16.6. The van der Waals surface area contributed by atoms with Crippen molar-refractivity contribution < 1.29 is 14.2 Å². The summed E-state index contributed by atoms with van der Waals surface area (Å²) in [5.74, 6) is 1.03. The van der Waals surface area contributed by atoms with Gasteiger partial charge in [-0.15, -0.1) is 0 Å². The molecule has 0 aliphatic carbocycles. The smallest absolute Gasteiger partial charge is 0.266 e. The van der Waals surface area contributed by atoms with Gasteiger partial charge in [0.05, 0.1) is 0 Å². The molecule has 3 aromatic rings. The zero-order valence-electron chi connectivity index (χ0n) is 16.8. The number of nitrogens with zero attached hydrogens (tertiary/aromatic N) is 2. The topological polar surface area (TPSA) is 77.3 Å². The third kappa shape index (κ3) is 4.39. The van der Waals surface area contributed by atoms with Crippen LogP contribution < -0.4 is 10.1 Å². The molecule has 0 saturated heterocycles. The van der Waals surface area contributed by atoms with Crippen LogP contribution in [0.3, 0.4) is 0 Å². The Labute approximate surface area is 164 Å². The molecule has 1 aromatic heterocycles. The molecule has 6 nitrogen and oxygen atoms in total. The number of amides is 1. The van der Waals surface area contributed by atoms with E-state index in [4.69, 9.17) is 9.37 Å². The van der Waals surface area contributed by atoms with Crippen molar-refractivity contribution in [2.45, 2.75) is 46.6 Å². The zero-order valence-corrected chi connectivity index (χ0v) is 16.8. The Morgan fingerprint density at radius 2 is 1.71 bits per heavy atom. The van der Waals surface area contributed by atoms with E-state index in [2.05, 4.69) is 29.5 Å². The average Bonchev–Trinajstić information content (AvgIpc) is 3.12. The molecular formula is C22H25N3O3. The van der Waals surface area contributed by atoms with Crippen LogP contribution in [0.1, 0.15) is 43.4 Å². The number of carbonyl (C=O) groups is 1. The van der Waals surface area contributed by atoms with Crippen LogP contribution in [0, 0.1) is 13.8 Å². The van der Waals surface area contributed by atoms with Crippen molar-refractivity contribution in [3.63, 3.8) is 0 Å². The molecular weight excluding hydrogens is 354 g/mol. The molecule has 1 heterocycles. The molecule has 3 rings (SSSR count). The van der Waals surface area contributed by atoms with E-state index in [0.717, 1.165) is 11.1 Å². The molecule has 2 aromatic carbocycles. The number of aromatic nitrogens is 2. The molecule has 0 spiro atoms. The van der Waals surface area contributed by atoms with Crippen LogP contribution >= 0.6 is 0 Å². The first-order valence-electron chi connectivity index (χ1n) is 9.33. The van der Waals surface area contributed by atoms with Crippen LogP contribution in [0.15, 0.2) is 47.1 Å². The van der Waals surface area contributed by atoms with E-state index in [1.807, 2.05) is 56.3 Å². The Bertz CT molecular complexity index is 961. The maximum absolute atomic E-state index is 12.5.